The van der Waals surface area contributed by atoms with Crippen molar-refractivity contribution in [3.05, 3.63) is 64.5 Å². The summed E-state index contributed by atoms with van der Waals surface area (Å²) in [6.07, 6.45) is 1.98. The molecule has 1 aromatic carbocycles. The lowest BCUT2D eigenvalue weighted by Gasteiger charge is -2.10. The molecular weight excluding hydrogens is 308 g/mol. The Balaban J connectivity index is 1.69. The minimum absolute atomic E-state index is 0.118. The molecule has 3 aromatic rings. The van der Waals surface area contributed by atoms with Crippen LogP contribution in [-0.2, 0) is 6.42 Å². The van der Waals surface area contributed by atoms with E-state index >= 15 is 0 Å². The van der Waals surface area contributed by atoms with Gasteiger partial charge in [-0.05, 0) is 50.2 Å². The highest BCUT2D eigenvalue weighted by Crippen LogP contribution is 2.18. The molecule has 0 aliphatic rings. The third-order valence-corrected chi connectivity index (χ3v) is 3.18. The summed E-state index contributed by atoms with van der Waals surface area (Å²) < 4.78 is 10.8. The molecule has 0 unspecified atom stereocenters. The first kappa shape index (κ1) is 15.8. The fourth-order valence-corrected chi connectivity index (χ4v) is 2.14. The number of nitrogens with one attached hydrogen (secondary N) is 2. The van der Waals surface area contributed by atoms with Gasteiger partial charge in [0.1, 0.15) is 17.2 Å². The summed E-state index contributed by atoms with van der Waals surface area (Å²) in [7, 11) is 0. The lowest BCUT2D eigenvalue weighted by atomic mass is 10.2. The number of hydrogen-bond donors (Lipinski definition) is 2. The van der Waals surface area contributed by atoms with Gasteiger partial charge in [-0.2, -0.15) is 0 Å². The van der Waals surface area contributed by atoms with Crippen molar-refractivity contribution in [2.45, 2.75) is 26.4 Å². The Labute approximate surface area is 138 Å². The zero-order valence-electron chi connectivity index (χ0n) is 13.4. The molecule has 0 saturated heterocycles. The molecule has 7 nitrogen and oxygen atoms in total. The van der Waals surface area contributed by atoms with Crippen molar-refractivity contribution in [2.75, 3.05) is 5.32 Å². The molecule has 7 heteroatoms. The normalized spacial score (nSPS) is 10.8. The Hall–Kier alpha value is -3.09. The third kappa shape index (κ3) is 4.01. The van der Waals surface area contributed by atoms with Gasteiger partial charge in [-0.3, -0.25) is 9.78 Å². The van der Waals surface area contributed by atoms with Gasteiger partial charge in [0, 0.05) is 5.69 Å². The van der Waals surface area contributed by atoms with Gasteiger partial charge in [-0.25, -0.2) is 0 Å². The monoisotopic (exact) mass is 326 g/mol. The molecule has 124 valence electrons. The molecule has 0 saturated carbocycles. The van der Waals surface area contributed by atoms with E-state index < -0.39 is 0 Å². The molecule has 0 fully saturated rings. The Kier molecular flexibility index (Phi) is 4.60. The highest BCUT2D eigenvalue weighted by Gasteiger charge is 2.08. The second-order valence-electron chi connectivity index (χ2n) is 5.52. The summed E-state index contributed by atoms with van der Waals surface area (Å²) >= 11 is 0. The number of aromatic amines is 1. The summed E-state index contributed by atoms with van der Waals surface area (Å²) in [5, 5.41) is 11.0. The maximum absolute atomic E-state index is 12.1. The minimum Gasteiger partial charge on any atom is -0.491 e. The van der Waals surface area contributed by atoms with Crippen LogP contribution in [0.3, 0.4) is 0 Å². The van der Waals surface area contributed by atoms with E-state index in [1.807, 2.05) is 38.1 Å². The van der Waals surface area contributed by atoms with Crippen LogP contribution < -0.4 is 15.6 Å². The molecular formula is C17H18N4O3. The maximum atomic E-state index is 12.1. The van der Waals surface area contributed by atoms with Crippen LogP contribution >= 0.6 is 0 Å². The molecule has 0 aliphatic heterocycles. The molecule has 0 atom stereocenters. The van der Waals surface area contributed by atoms with Crippen molar-refractivity contribution in [1.29, 1.82) is 0 Å². The zero-order valence-corrected chi connectivity index (χ0v) is 13.4. The maximum Gasteiger partial charge on any atom is 0.274 e. The van der Waals surface area contributed by atoms with Gasteiger partial charge in [0.2, 0.25) is 5.95 Å². The second kappa shape index (κ2) is 6.99. The van der Waals surface area contributed by atoms with Crippen LogP contribution in [0.2, 0.25) is 0 Å². The number of nitrogens with zero attached hydrogens (tertiary/aromatic N) is 2. The van der Waals surface area contributed by atoms with Crippen LogP contribution in [0.5, 0.6) is 5.75 Å². The van der Waals surface area contributed by atoms with Crippen LogP contribution in [0.25, 0.3) is 0 Å². The molecule has 2 N–H and O–H groups in total. The Morgan fingerprint density at radius 1 is 1.21 bits per heavy atom. The number of aromatic nitrogens is 3. The third-order valence-electron chi connectivity index (χ3n) is 3.18. The van der Waals surface area contributed by atoms with Gasteiger partial charge < -0.3 is 14.5 Å². The summed E-state index contributed by atoms with van der Waals surface area (Å²) in [5.74, 6) is 1.72. The Morgan fingerprint density at radius 2 is 2.00 bits per heavy atom. The summed E-state index contributed by atoms with van der Waals surface area (Å²) in [5.41, 5.74) is 0.773. The fraction of sp³-hybridized carbons (Fsp3) is 0.235. The van der Waals surface area contributed by atoms with Crippen molar-refractivity contribution >= 4 is 11.6 Å². The van der Waals surface area contributed by atoms with E-state index in [9.17, 15) is 4.79 Å². The Morgan fingerprint density at radius 3 is 2.62 bits per heavy atom. The molecule has 0 amide bonds. The van der Waals surface area contributed by atoms with Crippen molar-refractivity contribution in [2.24, 2.45) is 0 Å². The van der Waals surface area contributed by atoms with Gasteiger partial charge in [-0.15, -0.1) is 10.2 Å². The zero-order chi connectivity index (χ0) is 16.9. The first-order chi connectivity index (χ1) is 11.6. The van der Waals surface area contributed by atoms with Crippen molar-refractivity contribution < 1.29 is 9.15 Å². The largest absolute Gasteiger partial charge is 0.491 e. The smallest absolute Gasteiger partial charge is 0.274 e. The minimum atomic E-state index is -0.302. The number of furan rings is 1. The molecule has 24 heavy (non-hydrogen) atoms. The number of rotatable bonds is 6. The van der Waals surface area contributed by atoms with E-state index in [0.717, 1.165) is 11.4 Å². The van der Waals surface area contributed by atoms with E-state index in [1.54, 1.807) is 18.4 Å². The van der Waals surface area contributed by atoms with E-state index in [1.165, 1.54) is 0 Å². The summed E-state index contributed by atoms with van der Waals surface area (Å²) in [6, 6.07) is 10.9. The topological polar surface area (TPSA) is 93.0 Å². The molecule has 0 spiro atoms. The predicted molar refractivity (Wildman–Crippen MR) is 89.7 cm³/mol. The second-order valence-corrected chi connectivity index (χ2v) is 5.52. The molecule has 3 rings (SSSR count). The predicted octanol–water partition coefficient (Wildman–Crippen LogP) is 2.88. The first-order valence-electron chi connectivity index (χ1n) is 7.62. The lowest BCUT2D eigenvalue weighted by molar-refractivity contribution is 0.242. The van der Waals surface area contributed by atoms with Crippen LogP contribution in [0.15, 0.2) is 51.9 Å². The molecule has 2 aromatic heterocycles. The van der Waals surface area contributed by atoms with Gasteiger partial charge in [0.25, 0.3) is 5.56 Å². The van der Waals surface area contributed by atoms with Crippen molar-refractivity contribution in [3.63, 3.8) is 0 Å². The summed E-state index contributed by atoms with van der Waals surface area (Å²) in [6.45, 7) is 3.94. The number of hydrogen-bond acceptors (Lipinski definition) is 6. The SMILES string of the molecule is CC(C)Oc1ccc(Nc2nnc(Cc3ccco3)c(=O)[nH]2)cc1. The molecule has 0 bridgehead atoms. The molecule has 0 aliphatic carbocycles. The highest BCUT2D eigenvalue weighted by atomic mass is 16.5. The van der Waals surface area contributed by atoms with E-state index in [4.69, 9.17) is 9.15 Å². The van der Waals surface area contributed by atoms with Crippen LogP contribution in [0, 0.1) is 0 Å². The number of anilines is 2. The Bertz CT molecular complexity index is 839. The molecule has 2 heterocycles. The number of ether oxygens (including phenoxy) is 1. The highest BCUT2D eigenvalue weighted by molar-refractivity contribution is 5.54. The van der Waals surface area contributed by atoms with Crippen LogP contribution in [0.1, 0.15) is 25.3 Å². The average molecular weight is 326 g/mol. The van der Waals surface area contributed by atoms with E-state index in [0.29, 0.717) is 17.9 Å². The van der Waals surface area contributed by atoms with Crippen molar-refractivity contribution in [1.82, 2.24) is 15.2 Å². The van der Waals surface area contributed by atoms with Gasteiger partial charge in [-0.1, -0.05) is 0 Å². The number of benzene rings is 1. The average Bonchev–Trinajstić information content (AvgIpc) is 3.04. The van der Waals surface area contributed by atoms with Gasteiger partial charge in [0.05, 0.1) is 18.8 Å². The standard InChI is InChI=1S/C17H18N4O3/c1-11(2)24-13-7-5-12(6-8-13)18-17-19-16(22)15(20-21-17)10-14-4-3-9-23-14/h3-9,11H,10H2,1-2H3,(H2,18,19,21,22). The molecule has 0 radical (unpaired) electrons. The van der Waals surface area contributed by atoms with Crippen LogP contribution in [0.4, 0.5) is 11.6 Å². The van der Waals surface area contributed by atoms with Gasteiger partial charge in [0.15, 0.2) is 0 Å². The van der Waals surface area contributed by atoms with Gasteiger partial charge >= 0.3 is 0 Å². The fourth-order valence-electron chi connectivity index (χ4n) is 2.14. The van der Waals surface area contributed by atoms with E-state index in [-0.39, 0.29) is 17.6 Å². The van der Waals surface area contributed by atoms with E-state index in [2.05, 4.69) is 20.5 Å². The first-order valence-corrected chi connectivity index (χ1v) is 7.62. The lowest BCUT2D eigenvalue weighted by Crippen LogP contribution is -2.18. The quantitative estimate of drug-likeness (QED) is 0.723. The number of H-pyrrole nitrogens is 1. The summed E-state index contributed by atoms with van der Waals surface area (Å²) in [4.78, 5) is 14.7. The van der Waals surface area contributed by atoms with Crippen molar-refractivity contribution in [3.8, 4) is 5.75 Å². The van der Waals surface area contributed by atoms with Crippen LogP contribution in [-0.4, -0.2) is 21.3 Å².